The summed E-state index contributed by atoms with van der Waals surface area (Å²) in [5.74, 6) is 1.75. The van der Waals surface area contributed by atoms with E-state index in [1.807, 2.05) is 6.20 Å². The molecule has 3 atom stereocenters. The first-order chi connectivity index (χ1) is 6.42. The minimum absolute atomic E-state index is 0.804. The van der Waals surface area contributed by atoms with E-state index in [-0.39, 0.29) is 0 Å². The van der Waals surface area contributed by atoms with Crippen molar-refractivity contribution >= 4 is 0 Å². The molecule has 0 aromatic carbocycles. The number of hydrogen-bond acceptors (Lipinski definition) is 1. The Kier molecular flexibility index (Phi) is 1.69. The van der Waals surface area contributed by atoms with Crippen LogP contribution in [0, 0.1) is 5.92 Å². The van der Waals surface area contributed by atoms with E-state index in [9.17, 15) is 0 Å². The molecule has 3 rings (SSSR count). The number of hydrogen-bond donors (Lipinski definition) is 2. The second-order valence-corrected chi connectivity index (χ2v) is 4.52. The molecule has 1 aromatic rings. The number of nitrogens with one attached hydrogen (secondary N) is 2. The number of aromatic amines is 1. The van der Waals surface area contributed by atoms with E-state index in [1.54, 1.807) is 0 Å². The van der Waals surface area contributed by atoms with Crippen LogP contribution in [-0.4, -0.2) is 17.6 Å². The van der Waals surface area contributed by atoms with Gasteiger partial charge < -0.3 is 10.3 Å². The number of aromatic nitrogens is 1. The van der Waals surface area contributed by atoms with Crippen LogP contribution in [0.4, 0.5) is 0 Å². The molecule has 13 heavy (non-hydrogen) atoms. The lowest BCUT2D eigenvalue weighted by Crippen LogP contribution is -2.23. The first-order valence-corrected chi connectivity index (χ1v) is 5.28. The zero-order valence-corrected chi connectivity index (χ0v) is 7.79. The van der Waals surface area contributed by atoms with Gasteiger partial charge in [-0.2, -0.15) is 0 Å². The minimum atomic E-state index is 0.804. The first kappa shape index (κ1) is 7.63. The SMILES string of the molecule is c1cc(C2CC3CNC(C3)C2)c[nH]1. The Morgan fingerprint density at radius 2 is 2.23 bits per heavy atom. The lowest BCUT2D eigenvalue weighted by Gasteiger charge is -2.26. The molecular weight excluding hydrogens is 160 g/mol. The quantitative estimate of drug-likeness (QED) is 0.671. The van der Waals surface area contributed by atoms with Crippen molar-refractivity contribution in [2.75, 3.05) is 6.54 Å². The Hall–Kier alpha value is -0.760. The summed E-state index contributed by atoms with van der Waals surface area (Å²) >= 11 is 0. The molecule has 0 amide bonds. The molecule has 2 fully saturated rings. The van der Waals surface area contributed by atoms with Crippen molar-refractivity contribution in [3.8, 4) is 0 Å². The first-order valence-electron chi connectivity index (χ1n) is 5.28. The monoisotopic (exact) mass is 176 g/mol. The van der Waals surface area contributed by atoms with E-state index in [1.165, 1.54) is 31.4 Å². The second-order valence-electron chi connectivity index (χ2n) is 4.52. The predicted octanol–water partition coefficient (Wildman–Crippen LogP) is 1.87. The lowest BCUT2D eigenvalue weighted by atomic mass is 9.79. The van der Waals surface area contributed by atoms with Gasteiger partial charge in [0, 0.05) is 18.4 Å². The summed E-state index contributed by atoms with van der Waals surface area (Å²) in [5, 5.41) is 3.60. The van der Waals surface area contributed by atoms with Gasteiger partial charge in [-0.25, -0.2) is 0 Å². The summed E-state index contributed by atoms with van der Waals surface area (Å²) in [4.78, 5) is 3.16. The summed E-state index contributed by atoms with van der Waals surface area (Å²) < 4.78 is 0. The van der Waals surface area contributed by atoms with E-state index in [2.05, 4.69) is 22.6 Å². The van der Waals surface area contributed by atoms with Crippen molar-refractivity contribution < 1.29 is 0 Å². The van der Waals surface area contributed by atoms with Crippen molar-refractivity contribution in [2.45, 2.75) is 31.2 Å². The predicted molar refractivity (Wildman–Crippen MR) is 52.7 cm³/mol. The van der Waals surface area contributed by atoms with Crippen LogP contribution in [-0.2, 0) is 0 Å². The maximum Gasteiger partial charge on any atom is 0.00761 e. The minimum Gasteiger partial charge on any atom is -0.367 e. The zero-order valence-electron chi connectivity index (χ0n) is 7.79. The van der Waals surface area contributed by atoms with Crippen LogP contribution >= 0.6 is 0 Å². The molecule has 1 aromatic heterocycles. The second kappa shape index (κ2) is 2.88. The third-order valence-corrected chi connectivity index (χ3v) is 3.59. The molecule has 2 N–H and O–H groups in total. The van der Waals surface area contributed by atoms with Gasteiger partial charge in [-0.15, -0.1) is 0 Å². The van der Waals surface area contributed by atoms with Gasteiger partial charge >= 0.3 is 0 Å². The Balaban J connectivity index is 1.80. The van der Waals surface area contributed by atoms with E-state index in [0.717, 1.165) is 17.9 Å². The zero-order chi connectivity index (χ0) is 8.67. The summed E-state index contributed by atoms with van der Waals surface area (Å²) in [6.45, 7) is 1.26. The van der Waals surface area contributed by atoms with Crippen molar-refractivity contribution in [1.29, 1.82) is 0 Å². The third-order valence-electron chi connectivity index (χ3n) is 3.59. The molecule has 1 aliphatic carbocycles. The fraction of sp³-hybridized carbons (Fsp3) is 0.636. The lowest BCUT2D eigenvalue weighted by molar-refractivity contribution is 0.365. The van der Waals surface area contributed by atoms with Crippen molar-refractivity contribution in [1.82, 2.24) is 10.3 Å². The molecule has 2 heteroatoms. The summed E-state index contributed by atoms with van der Waals surface area (Å²) in [7, 11) is 0. The summed E-state index contributed by atoms with van der Waals surface area (Å²) in [6, 6.07) is 3.04. The number of fused-ring (bicyclic) bond motifs is 2. The maximum absolute atomic E-state index is 3.60. The number of rotatable bonds is 1. The highest BCUT2D eigenvalue weighted by molar-refractivity contribution is 5.17. The fourth-order valence-corrected chi connectivity index (χ4v) is 2.97. The Bertz CT molecular complexity index is 266. The number of H-pyrrole nitrogens is 1. The van der Waals surface area contributed by atoms with E-state index in [0.29, 0.717) is 0 Å². The maximum atomic E-state index is 3.60. The Labute approximate surface area is 78.7 Å². The highest BCUT2D eigenvalue weighted by atomic mass is 15.0. The van der Waals surface area contributed by atoms with Crippen LogP contribution in [0.2, 0.25) is 0 Å². The van der Waals surface area contributed by atoms with Gasteiger partial charge in [0.1, 0.15) is 0 Å². The smallest absolute Gasteiger partial charge is 0.00761 e. The van der Waals surface area contributed by atoms with Gasteiger partial charge in [0.25, 0.3) is 0 Å². The van der Waals surface area contributed by atoms with E-state index < -0.39 is 0 Å². The standard InChI is InChI=1S/C11H16N2/c1-2-12-7-9(1)10-3-8-4-11(5-10)13-6-8/h1-2,7-8,10-13H,3-6H2. The van der Waals surface area contributed by atoms with Gasteiger partial charge in [-0.1, -0.05) is 0 Å². The molecule has 1 saturated carbocycles. The molecule has 70 valence electrons. The Morgan fingerprint density at radius 1 is 1.23 bits per heavy atom. The van der Waals surface area contributed by atoms with Gasteiger partial charge in [0.15, 0.2) is 0 Å². The van der Waals surface area contributed by atoms with Gasteiger partial charge in [-0.05, 0) is 49.3 Å². The van der Waals surface area contributed by atoms with Crippen molar-refractivity contribution in [3.63, 3.8) is 0 Å². The van der Waals surface area contributed by atoms with Gasteiger partial charge in [-0.3, -0.25) is 0 Å². The molecule has 2 heterocycles. The largest absolute Gasteiger partial charge is 0.367 e. The van der Waals surface area contributed by atoms with Crippen LogP contribution < -0.4 is 5.32 Å². The normalized spacial score (nSPS) is 38.0. The average molecular weight is 176 g/mol. The van der Waals surface area contributed by atoms with Crippen molar-refractivity contribution in [3.05, 3.63) is 24.0 Å². The molecule has 0 radical (unpaired) electrons. The Morgan fingerprint density at radius 3 is 3.00 bits per heavy atom. The molecule has 2 aliphatic rings. The molecule has 1 aliphatic heterocycles. The van der Waals surface area contributed by atoms with Crippen LogP contribution in [0.1, 0.15) is 30.7 Å². The molecule has 2 nitrogen and oxygen atoms in total. The van der Waals surface area contributed by atoms with Gasteiger partial charge in [0.05, 0.1) is 0 Å². The van der Waals surface area contributed by atoms with Crippen LogP contribution in [0.3, 0.4) is 0 Å². The van der Waals surface area contributed by atoms with Gasteiger partial charge in [0.2, 0.25) is 0 Å². The topological polar surface area (TPSA) is 27.8 Å². The molecule has 1 saturated heterocycles. The van der Waals surface area contributed by atoms with E-state index >= 15 is 0 Å². The molecule has 2 bridgehead atoms. The summed E-state index contributed by atoms with van der Waals surface area (Å²) in [6.07, 6.45) is 8.35. The highest BCUT2D eigenvalue weighted by Gasteiger charge is 2.34. The third kappa shape index (κ3) is 1.29. The fourth-order valence-electron chi connectivity index (χ4n) is 2.97. The summed E-state index contributed by atoms with van der Waals surface area (Å²) in [5.41, 5.74) is 1.51. The average Bonchev–Trinajstić information content (AvgIpc) is 2.75. The highest BCUT2D eigenvalue weighted by Crippen LogP contribution is 2.38. The van der Waals surface area contributed by atoms with Crippen molar-refractivity contribution in [2.24, 2.45) is 5.92 Å². The van der Waals surface area contributed by atoms with E-state index in [4.69, 9.17) is 0 Å². The molecule has 3 unspecified atom stereocenters. The van der Waals surface area contributed by atoms with Crippen LogP contribution in [0.25, 0.3) is 0 Å². The molecule has 0 spiro atoms. The molecular formula is C11H16N2. The van der Waals surface area contributed by atoms with Crippen LogP contribution in [0.5, 0.6) is 0 Å². The van der Waals surface area contributed by atoms with Crippen LogP contribution in [0.15, 0.2) is 18.5 Å².